The summed E-state index contributed by atoms with van der Waals surface area (Å²) < 4.78 is 2.04. The fourth-order valence-corrected chi connectivity index (χ4v) is 2.93. The molecule has 0 bridgehead atoms. The third-order valence-corrected chi connectivity index (χ3v) is 4.18. The average molecular weight is 329 g/mol. The van der Waals surface area contributed by atoms with Crippen molar-refractivity contribution in [1.82, 2.24) is 14.8 Å². The van der Waals surface area contributed by atoms with Crippen molar-refractivity contribution >= 4 is 23.4 Å². The molecule has 0 radical (unpaired) electrons. The third-order valence-electron chi connectivity index (χ3n) is 3.21. The lowest BCUT2D eigenvalue weighted by molar-refractivity contribution is -0.113. The fourth-order valence-electron chi connectivity index (χ4n) is 2.11. The van der Waals surface area contributed by atoms with Crippen LogP contribution in [-0.2, 0) is 17.8 Å². The minimum absolute atomic E-state index is 0.109. The van der Waals surface area contributed by atoms with Crippen molar-refractivity contribution < 1.29 is 4.79 Å². The second kappa shape index (κ2) is 8.34. The van der Waals surface area contributed by atoms with Gasteiger partial charge in [0.1, 0.15) is 5.82 Å². The number of hydrogen-bond donors (Lipinski definition) is 1. The van der Waals surface area contributed by atoms with Gasteiger partial charge in [0, 0.05) is 18.7 Å². The molecule has 0 spiro atoms. The number of anilines is 1. The summed E-state index contributed by atoms with van der Waals surface area (Å²) in [6.07, 6.45) is 1.90. The van der Waals surface area contributed by atoms with Crippen LogP contribution in [0.4, 0.5) is 5.69 Å². The van der Waals surface area contributed by atoms with E-state index in [9.17, 15) is 4.79 Å². The maximum absolute atomic E-state index is 12.0. The van der Waals surface area contributed by atoms with E-state index in [4.69, 9.17) is 5.26 Å². The zero-order chi connectivity index (χ0) is 16.7. The van der Waals surface area contributed by atoms with Gasteiger partial charge in [0.05, 0.1) is 17.4 Å². The molecule has 0 aliphatic heterocycles. The quantitative estimate of drug-likeness (QED) is 0.790. The SMILES string of the molecule is CCCc1nnc(SCC(=O)Nc2ccc(C#N)cc2)n1CC. The van der Waals surface area contributed by atoms with Crippen molar-refractivity contribution in [2.75, 3.05) is 11.1 Å². The van der Waals surface area contributed by atoms with Crippen LogP contribution in [0.15, 0.2) is 29.4 Å². The monoisotopic (exact) mass is 329 g/mol. The van der Waals surface area contributed by atoms with Gasteiger partial charge in [0.25, 0.3) is 0 Å². The number of carbonyl (C=O) groups is 1. The highest BCUT2D eigenvalue weighted by molar-refractivity contribution is 7.99. The van der Waals surface area contributed by atoms with Gasteiger partial charge >= 0.3 is 0 Å². The summed E-state index contributed by atoms with van der Waals surface area (Å²) in [5, 5.41) is 20.7. The number of thioether (sulfide) groups is 1. The summed E-state index contributed by atoms with van der Waals surface area (Å²) in [6.45, 7) is 4.94. The zero-order valence-corrected chi connectivity index (χ0v) is 14.1. The van der Waals surface area contributed by atoms with Crippen LogP contribution in [0, 0.1) is 11.3 Å². The summed E-state index contributed by atoms with van der Waals surface area (Å²) in [5.74, 6) is 1.12. The van der Waals surface area contributed by atoms with Gasteiger partial charge in [0.2, 0.25) is 5.91 Å². The van der Waals surface area contributed by atoms with Gasteiger partial charge in [-0.25, -0.2) is 0 Å². The Morgan fingerprint density at radius 1 is 1.30 bits per heavy atom. The van der Waals surface area contributed by atoms with Crippen LogP contribution < -0.4 is 5.32 Å². The highest BCUT2D eigenvalue weighted by atomic mass is 32.2. The molecule has 2 aromatic rings. The van der Waals surface area contributed by atoms with Crippen molar-refractivity contribution in [3.63, 3.8) is 0 Å². The first kappa shape index (κ1) is 17.0. The first-order valence-corrected chi connectivity index (χ1v) is 8.51. The van der Waals surface area contributed by atoms with Gasteiger partial charge in [-0.3, -0.25) is 4.79 Å². The van der Waals surface area contributed by atoms with E-state index >= 15 is 0 Å². The number of aromatic nitrogens is 3. The van der Waals surface area contributed by atoms with E-state index in [0.29, 0.717) is 11.3 Å². The Labute approximate surface area is 139 Å². The van der Waals surface area contributed by atoms with Gasteiger partial charge in [-0.15, -0.1) is 10.2 Å². The van der Waals surface area contributed by atoms with E-state index in [0.717, 1.165) is 30.4 Å². The molecule has 0 fully saturated rings. The Balaban J connectivity index is 1.92. The maximum Gasteiger partial charge on any atom is 0.234 e. The van der Waals surface area contributed by atoms with Crippen molar-refractivity contribution in [3.05, 3.63) is 35.7 Å². The van der Waals surface area contributed by atoms with Crippen LogP contribution in [0.5, 0.6) is 0 Å². The molecule has 2 rings (SSSR count). The van der Waals surface area contributed by atoms with Crippen LogP contribution >= 0.6 is 11.8 Å². The lowest BCUT2D eigenvalue weighted by atomic mass is 10.2. The summed E-state index contributed by atoms with van der Waals surface area (Å²) in [5.41, 5.74) is 1.25. The number of rotatable bonds is 7. The van der Waals surface area contributed by atoms with E-state index in [1.54, 1.807) is 24.3 Å². The first-order chi connectivity index (χ1) is 11.2. The van der Waals surface area contributed by atoms with Gasteiger partial charge in [-0.1, -0.05) is 18.7 Å². The minimum atomic E-state index is -0.109. The molecule has 1 aromatic carbocycles. The lowest BCUT2D eigenvalue weighted by Crippen LogP contribution is -2.14. The fraction of sp³-hybridized carbons (Fsp3) is 0.375. The van der Waals surface area contributed by atoms with Crippen LogP contribution in [0.1, 0.15) is 31.7 Å². The normalized spacial score (nSPS) is 10.3. The highest BCUT2D eigenvalue weighted by Crippen LogP contribution is 2.18. The standard InChI is InChI=1S/C16H19N5OS/c1-3-5-14-19-20-16(21(14)4-2)23-11-15(22)18-13-8-6-12(10-17)7-9-13/h6-9H,3-5,11H2,1-2H3,(H,18,22). The molecule has 1 heterocycles. The largest absolute Gasteiger partial charge is 0.325 e. The van der Waals surface area contributed by atoms with Crippen LogP contribution in [0.2, 0.25) is 0 Å². The summed E-state index contributed by atoms with van der Waals surface area (Å²) >= 11 is 1.38. The average Bonchev–Trinajstić information content (AvgIpc) is 2.96. The third kappa shape index (κ3) is 4.57. The molecule has 0 saturated heterocycles. The molecule has 7 heteroatoms. The molecular formula is C16H19N5OS. The highest BCUT2D eigenvalue weighted by Gasteiger charge is 2.12. The Morgan fingerprint density at radius 2 is 2.04 bits per heavy atom. The number of nitrogens with zero attached hydrogens (tertiary/aromatic N) is 4. The van der Waals surface area contributed by atoms with Crippen LogP contribution in [0.3, 0.4) is 0 Å². The summed E-state index contributed by atoms with van der Waals surface area (Å²) in [7, 11) is 0. The number of aryl methyl sites for hydroxylation is 1. The Hall–Kier alpha value is -2.33. The molecule has 0 atom stereocenters. The number of hydrogen-bond acceptors (Lipinski definition) is 5. The smallest absolute Gasteiger partial charge is 0.234 e. The molecule has 1 amide bonds. The van der Waals surface area contributed by atoms with Crippen LogP contribution in [-0.4, -0.2) is 26.4 Å². The molecular weight excluding hydrogens is 310 g/mol. The summed E-state index contributed by atoms with van der Waals surface area (Å²) in [6, 6.07) is 8.83. The summed E-state index contributed by atoms with van der Waals surface area (Å²) in [4.78, 5) is 12.0. The van der Waals surface area contributed by atoms with Gasteiger partial charge in [0.15, 0.2) is 5.16 Å². The number of benzene rings is 1. The van der Waals surface area contributed by atoms with Gasteiger partial charge in [-0.05, 0) is 37.6 Å². The van der Waals surface area contributed by atoms with Gasteiger partial charge in [-0.2, -0.15) is 5.26 Å². The lowest BCUT2D eigenvalue weighted by Gasteiger charge is -2.07. The van der Waals surface area contributed by atoms with Crippen molar-refractivity contribution in [2.24, 2.45) is 0 Å². The molecule has 23 heavy (non-hydrogen) atoms. The molecule has 1 aromatic heterocycles. The molecule has 0 unspecified atom stereocenters. The van der Waals surface area contributed by atoms with E-state index in [2.05, 4.69) is 22.4 Å². The molecule has 0 aliphatic carbocycles. The topological polar surface area (TPSA) is 83.6 Å². The predicted octanol–water partition coefficient (Wildman–Crippen LogP) is 2.85. The second-order valence-corrected chi connectivity index (χ2v) is 5.86. The van der Waals surface area contributed by atoms with Gasteiger partial charge < -0.3 is 9.88 Å². The van der Waals surface area contributed by atoms with Crippen LogP contribution in [0.25, 0.3) is 0 Å². The first-order valence-electron chi connectivity index (χ1n) is 7.52. The molecule has 6 nitrogen and oxygen atoms in total. The second-order valence-electron chi connectivity index (χ2n) is 4.92. The minimum Gasteiger partial charge on any atom is -0.325 e. The van der Waals surface area contributed by atoms with E-state index < -0.39 is 0 Å². The predicted molar refractivity (Wildman–Crippen MR) is 90.2 cm³/mol. The Bertz CT molecular complexity index is 702. The van der Waals surface area contributed by atoms with Crippen molar-refractivity contribution in [2.45, 2.75) is 38.4 Å². The van der Waals surface area contributed by atoms with Crippen molar-refractivity contribution in [3.8, 4) is 6.07 Å². The van der Waals surface area contributed by atoms with E-state index in [-0.39, 0.29) is 11.7 Å². The molecule has 120 valence electrons. The number of nitrogens with one attached hydrogen (secondary N) is 1. The van der Waals surface area contributed by atoms with Crippen molar-refractivity contribution in [1.29, 1.82) is 5.26 Å². The Kier molecular flexibility index (Phi) is 6.18. The number of amides is 1. The van der Waals surface area contributed by atoms with E-state index in [1.165, 1.54) is 11.8 Å². The molecule has 0 saturated carbocycles. The zero-order valence-electron chi connectivity index (χ0n) is 13.2. The molecule has 1 N–H and O–H groups in total. The molecule has 0 aliphatic rings. The maximum atomic E-state index is 12.0. The Morgan fingerprint density at radius 3 is 2.65 bits per heavy atom. The number of nitriles is 1. The number of carbonyl (C=O) groups excluding carboxylic acids is 1. The van der Waals surface area contributed by atoms with E-state index in [1.807, 2.05) is 17.6 Å².